The fraction of sp³-hybridized carbons (Fsp3) is 0.185. The molecule has 12 heteroatoms. The number of alkyl halides is 3. The van der Waals surface area contributed by atoms with Gasteiger partial charge in [-0.3, -0.25) is 4.79 Å². The van der Waals surface area contributed by atoms with Crippen molar-refractivity contribution in [3.8, 4) is 17.1 Å². The van der Waals surface area contributed by atoms with Gasteiger partial charge in [-0.1, -0.05) is 35.9 Å². The van der Waals surface area contributed by atoms with Gasteiger partial charge in [-0.25, -0.2) is 9.78 Å². The van der Waals surface area contributed by atoms with Crippen molar-refractivity contribution < 1.29 is 27.4 Å². The third-order valence-electron chi connectivity index (χ3n) is 5.46. The molecule has 0 saturated carbocycles. The Bertz CT molecular complexity index is 1640. The lowest BCUT2D eigenvalue weighted by Gasteiger charge is -2.17. The normalized spacial score (nSPS) is 12.6. The van der Waals surface area contributed by atoms with Crippen molar-refractivity contribution in [3.05, 3.63) is 91.6 Å². The Kier molecular flexibility index (Phi) is 8.41. The van der Waals surface area contributed by atoms with Crippen LogP contribution in [0.1, 0.15) is 25.0 Å². The summed E-state index contributed by atoms with van der Waals surface area (Å²) in [5.41, 5.74) is -0.905. The molecule has 1 aromatic heterocycles. The Hall–Kier alpha value is -3.70. The highest BCUT2D eigenvalue weighted by Crippen LogP contribution is 2.34. The maximum Gasteiger partial charge on any atom is 0.416 e. The highest BCUT2D eigenvalue weighted by molar-refractivity contribution is 9.10. The molecule has 0 amide bonds. The summed E-state index contributed by atoms with van der Waals surface area (Å²) in [6.07, 6.45) is -4.34. The Labute approximate surface area is 234 Å². The maximum atomic E-state index is 13.4. The second-order valence-electron chi connectivity index (χ2n) is 8.21. The van der Waals surface area contributed by atoms with E-state index in [1.54, 1.807) is 31.2 Å². The maximum absolute atomic E-state index is 13.4. The van der Waals surface area contributed by atoms with Crippen LogP contribution >= 0.6 is 27.5 Å². The van der Waals surface area contributed by atoms with Gasteiger partial charge in [0.2, 0.25) is 0 Å². The second kappa shape index (κ2) is 11.6. The largest absolute Gasteiger partial charge is 0.477 e. The van der Waals surface area contributed by atoms with Gasteiger partial charge in [-0.05, 0) is 66.2 Å². The van der Waals surface area contributed by atoms with E-state index in [4.69, 9.17) is 21.1 Å². The van der Waals surface area contributed by atoms with Crippen LogP contribution in [-0.4, -0.2) is 34.6 Å². The molecule has 0 saturated heterocycles. The van der Waals surface area contributed by atoms with Gasteiger partial charge in [0.1, 0.15) is 5.75 Å². The van der Waals surface area contributed by atoms with Gasteiger partial charge in [-0.15, -0.1) is 0 Å². The van der Waals surface area contributed by atoms with E-state index in [0.29, 0.717) is 15.0 Å². The number of benzene rings is 3. The van der Waals surface area contributed by atoms with Crippen molar-refractivity contribution in [3.63, 3.8) is 0 Å². The summed E-state index contributed by atoms with van der Waals surface area (Å²) >= 11 is 9.58. The molecule has 0 unspecified atom stereocenters. The van der Waals surface area contributed by atoms with Gasteiger partial charge >= 0.3 is 12.1 Å². The summed E-state index contributed by atoms with van der Waals surface area (Å²) in [5, 5.41) is 4.79. The van der Waals surface area contributed by atoms with Crippen molar-refractivity contribution >= 4 is 50.6 Å². The van der Waals surface area contributed by atoms with Crippen LogP contribution in [0.15, 0.2) is 75.0 Å². The first kappa shape index (κ1) is 28.3. The van der Waals surface area contributed by atoms with Crippen LogP contribution in [-0.2, 0) is 15.7 Å². The first-order valence-corrected chi connectivity index (χ1v) is 12.7. The smallest absolute Gasteiger partial charge is 0.416 e. The molecule has 0 radical (unpaired) electrons. The fourth-order valence-electron chi connectivity index (χ4n) is 3.66. The molecule has 4 aromatic rings. The van der Waals surface area contributed by atoms with Crippen LogP contribution in [0.2, 0.25) is 5.02 Å². The average molecular weight is 623 g/mol. The lowest BCUT2D eigenvalue weighted by atomic mass is 10.1. The van der Waals surface area contributed by atoms with Crippen LogP contribution in [0.25, 0.3) is 22.3 Å². The number of para-hydroxylation sites is 1. The predicted molar refractivity (Wildman–Crippen MR) is 145 cm³/mol. The number of aromatic nitrogens is 2. The summed E-state index contributed by atoms with van der Waals surface area (Å²) in [6, 6.07) is 13.9. The molecule has 0 aliphatic carbocycles. The van der Waals surface area contributed by atoms with Crippen LogP contribution in [0.5, 0.6) is 5.75 Å². The van der Waals surface area contributed by atoms with E-state index in [2.05, 4.69) is 26.0 Å². The minimum atomic E-state index is -4.60. The SMILES string of the molecule is CCOC(=O)[C@H](C)Oc1c(Br)cc(Cl)cc1C=Nn1c(-c2cccc(C(F)(F)F)c2)nc2ccccc2c1=O. The van der Waals surface area contributed by atoms with Gasteiger partial charge in [0.05, 0.1) is 33.8 Å². The molecular formula is C27H20BrClF3N3O4. The van der Waals surface area contributed by atoms with Gasteiger partial charge in [-0.2, -0.15) is 22.9 Å². The van der Waals surface area contributed by atoms with E-state index >= 15 is 0 Å². The summed E-state index contributed by atoms with van der Waals surface area (Å²) < 4.78 is 52.4. The Morgan fingerprint density at radius 1 is 1.18 bits per heavy atom. The molecular weight excluding hydrogens is 603 g/mol. The number of halogens is 5. The molecule has 0 spiro atoms. The standard InChI is InChI=1S/C27H20BrClF3N3O4/c1-3-38-26(37)15(2)39-23-17(12-19(29)13-21(23)28)14-33-35-24(16-7-6-8-18(11-16)27(30,31)32)34-22-10-5-4-9-20(22)25(35)36/h4-15H,3H2,1-2H3/t15-/m0/s1. The van der Waals surface area contributed by atoms with E-state index in [9.17, 15) is 22.8 Å². The molecule has 1 heterocycles. The first-order chi connectivity index (χ1) is 18.5. The van der Waals surface area contributed by atoms with E-state index in [1.807, 2.05) is 0 Å². The van der Waals surface area contributed by atoms with Crippen LogP contribution in [0.4, 0.5) is 13.2 Å². The number of carbonyl (C=O) groups excluding carboxylic acids is 1. The monoisotopic (exact) mass is 621 g/mol. The number of hydrogen-bond donors (Lipinski definition) is 0. The summed E-state index contributed by atoms with van der Waals surface area (Å²) in [4.78, 5) is 30.0. The summed E-state index contributed by atoms with van der Waals surface area (Å²) in [5.74, 6) is -0.514. The van der Waals surface area contributed by atoms with Gasteiger partial charge in [0.15, 0.2) is 11.9 Å². The number of hydrogen-bond acceptors (Lipinski definition) is 6. The lowest BCUT2D eigenvalue weighted by Crippen LogP contribution is -2.26. The number of ether oxygens (including phenoxy) is 2. The van der Waals surface area contributed by atoms with Gasteiger partial charge < -0.3 is 9.47 Å². The second-order valence-corrected chi connectivity index (χ2v) is 9.50. The van der Waals surface area contributed by atoms with Crippen LogP contribution in [0, 0.1) is 0 Å². The number of fused-ring (bicyclic) bond motifs is 1. The zero-order chi connectivity index (χ0) is 28.3. The van der Waals surface area contributed by atoms with Gasteiger partial charge in [0, 0.05) is 16.1 Å². The molecule has 3 aromatic carbocycles. The fourth-order valence-corrected chi connectivity index (χ4v) is 4.58. The summed E-state index contributed by atoms with van der Waals surface area (Å²) in [7, 11) is 0. The highest BCUT2D eigenvalue weighted by Gasteiger charge is 2.31. The number of nitrogens with zero attached hydrogens (tertiary/aromatic N) is 3. The number of esters is 1. The molecule has 0 bridgehead atoms. The predicted octanol–water partition coefficient (Wildman–Crippen LogP) is 6.71. The van der Waals surface area contributed by atoms with Crippen molar-refractivity contribution in [1.82, 2.24) is 9.66 Å². The molecule has 0 aliphatic rings. The summed E-state index contributed by atoms with van der Waals surface area (Å²) in [6.45, 7) is 3.33. The Morgan fingerprint density at radius 2 is 1.92 bits per heavy atom. The third kappa shape index (κ3) is 6.31. The average Bonchev–Trinajstić information content (AvgIpc) is 2.89. The number of rotatable bonds is 7. The van der Waals surface area contributed by atoms with Crippen LogP contribution < -0.4 is 10.3 Å². The van der Waals surface area contributed by atoms with Crippen molar-refractivity contribution in [2.45, 2.75) is 26.1 Å². The molecule has 1 atom stereocenters. The van der Waals surface area contributed by atoms with Crippen molar-refractivity contribution in [2.75, 3.05) is 6.61 Å². The Balaban J connectivity index is 1.88. The highest BCUT2D eigenvalue weighted by atomic mass is 79.9. The van der Waals surface area contributed by atoms with Crippen LogP contribution in [0.3, 0.4) is 0 Å². The molecule has 202 valence electrons. The molecule has 0 aliphatic heterocycles. The zero-order valence-electron chi connectivity index (χ0n) is 20.5. The zero-order valence-corrected chi connectivity index (χ0v) is 22.8. The Morgan fingerprint density at radius 3 is 2.64 bits per heavy atom. The van der Waals surface area contributed by atoms with Gasteiger partial charge in [0.25, 0.3) is 5.56 Å². The topological polar surface area (TPSA) is 82.8 Å². The third-order valence-corrected chi connectivity index (χ3v) is 6.27. The quantitative estimate of drug-likeness (QED) is 0.169. The van der Waals surface area contributed by atoms with E-state index in [0.717, 1.165) is 16.8 Å². The molecule has 0 N–H and O–H groups in total. The molecule has 39 heavy (non-hydrogen) atoms. The lowest BCUT2D eigenvalue weighted by molar-refractivity contribution is -0.150. The first-order valence-electron chi connectivity index (χ1n) is 11.6. The number of carbonyl (C=O) groups is 1. The molecule has 4 rings (SSSR count). The molecule has 7 nitrogen and oxygen atoms in total. The van der Waals surface area contributed by atoms with E-state index < -0.39 is 29.4 Å². The van der Waals surface area contributed by atoms with E-state index in [-0.39, 0.29) is 34.7 Å². The van der Waals surface area contributed by atoms with Crippen molar-refractivity contribution in [1.29, 1.82) is 0 Å². The van der Waals surface area contributed by atoms with Crippen molar-refractivity contribution in [2.24, 2.45) is 5.10 Å². The minimum absolute atomic E-state index is 0.0320. The minimum Gasteiger partial charge on any atom is -0.477 e. The molecule has 0 fully saturated rings. The van der Waals surface area contributed by atoms with E-state index in [1.165, 1.54) is 37.4 Å².